The average molecular weight is 227 g/mol. The largest absolute Gasteiger partial charge is 0.491 e. The van der Waals surface area contributed by atoms with Crippen molar-refractivity contribution in [3.8, 4) is 16.3 Å². The van der Waals surface area contributed by atoms with Crippen molar-refractivity contribution < 1.29 is 4.74 Å². The van der Waals surface area contributed by atoms with E-state index in [9.17, 15) is 0 Å². The van der Waals surface area contributed by atoms with Crippen LogP contribution in [0.5, 0.6) is 5.75 Å². The van der Waals surface area contributed by atoms with Crippen LogP contribution in [0.25, 0.3) is 10.6 Å². The molecule has 0 spiro atoms. The van der Waals surface area contributed by atoms with E-state index in [1.54, 1.807) is 18.4 Å². The van der Waals surface area contributed by atoms with Gasteiger partial charge in [-0.1, -0.05) is 17.7 Å². The minimum absolute atomic E-state index is 0.339. The lowest BCUT2D eigenvalue weighted by molar-refractivity contribution is 0.413. The van der Waals surface area contributed by atoms with Gasteiger partial charge in [-0.2, -0.15) is 0 Å². The number of nitrogens with zero attached hydrogens (tertiary/aromatic N) is 2. The Morgan fingerprint density at radius 2 is 2.29 bits per heavy atom. The molecule has 0 radical (unpaired) electrons. The molecule has 0 aromatic carbocycles. The van der Waals surface area contributed by atoms with Gasteiger partial charge >= 0.3 is 0 Å². The molecule has 5 heteroatoms. The zero-order valence-corrected chi connectivity index (χ0v) is 8.97. The Morgan fingerprint density at radius 3 is 2.93 bits per heavy atom. The van der Waals surface area contributed by atoms with Crippen LogP contribution in [-0.4, -0.2) is 17.1 Å². The van der Waals surface area contributed by atoms with Gasteiger partial charge in [-0.25, -0.2) is 9.97 Å². The molecule has 2 rings (SSSR count). The topological polar surface area (TPSA) is 35.0 Å². The van der Waals surface area contributed by atoms with Crippen LogP contribution in [-0.2, 0) is 0 Å². The van der Waals surface area contributed by atoms with Gasteiger partial charge in [-0.3, -0.25) is 0 Å². The van der Waals surface area contributed by atoms with Gasteiger partial charge in [-0.05, 0) is 11.4 Å². The highest BCUT2D eigenvalue weighted by Gasteiger charge is 2.12. The number of hydrogen-bond donors (Lipinski definition) is 0. The third-order valence-electron chi connectivity index (χ3n) is 1.72. The molecule has 0 bridgehead atoms. The summed E-state index contributed by atoms with van der Waals surface area (Å²) in [4.78, 5) is 9.02. The number of ether oxygens (including phenoxy) is 1. The van der Waals surface area contributed by atoms with Crippen LogP contribution in [0.1, 0.15) is 0 Å². The Balaban J connectivity index is 2.58. The molecular weight excluding hydrogens is 220 g/mol. The van der Waals surface area contributed by atoms with Crippen LogP contribution in [0.3, 0.4) is 0 Å². The lowest BCUT2D eigenvalue weighted by Gasteiger charge is -2.05. The van der Waals surface area contributed by atoms with E-state index >= 15 is 0 Å². The summed E-state index contributed by atoms with van der Waals surface area (Å²) in [6.45, 7) is 0. The third-order valence-corrected chi connectivity index (χ3v) is 2.86. The molecule has 0 aliphatic rings. The molecule has 72 valence electrons. The summed E-state index contributed by atoms with van der Waals surface area (Å²) in [5, 5.41) is 2.32. The lowest BCUT2D eigenvalue weighted by atomic mass is 10.3. The van der Waals surface area contributed by atoms with Crippen LogP contribution in [0, 0.1) is 0 Å². The number of aromatic nitrogens is 2. The average Bonchev–Trinajstić information content (AvgIpc) is 2.70. The van der Waals surface area contributed by atoms with Crippen molar-refractivity contribution in [1.82, 2.24) is 9.97 Å². The summed E-state index contributed by atoms with van der Waals surface area (Å²) in [7, 11) is 1.56. The molecule has 0 aliphatic heterocycles. The number of thiophene rings is 1. The summed E-state index contributed by atoms with van der Waals surface area (Å²) in [5.41, 5.74) is 0.738. The molecule has 2 aromatic heterocycles. The number of hydrogen-bond acceptors (Lipinski definition) is 4. The Hall–Kier alpha value is -1.13. The second-order valence-electron chi connectivity index (χ2n) is 2.52. The maximum absolute atomic E-state index is 5.87. The predicted molar refractivity (Wildman–Crippen MR) is 56.9 cm³/mol. The third kappa shape index (κ3) is 1.58. The highest BCUT2D eigenvalue weighted by Crippen LogP contribution is 2.34. The van der Waals surface area contributed by atoms with E-state index in [4.69, 9.17) is 16.3 Å². The minimum atomic E-state index is 0.339. The van der Waals surface area contributed by atoms with Crippen LogP contribution < -0.4 is 4.74 Å². The molecule has 14 heavy (non-hydrogen) atoms. The van der Waals surface area contributed by atoms with Gasteiger partial charge in [0.05, 0.1) is 12.0 Å². The fourth-order valence-corrected chi connectivity index (χ4v) is 2.05. The molecule has 0 N–H and O–H groups in total. The van der Waals surface area contributed by atoms with Crippen LogP contribution >= 0.6 is 22.9 Å². The molecule has 0 aliphatic carbocycles. The molecule has 0 atom stereocenters. The van der Waals surface area contributed by atoms with Crippen molar-refractivity contribution in [2.45, 2.75) is 0 Å². The van der Waals surface area contributed by atoms with Crippen LogP contribution in [0.15, 0.2) is 23.8 Å². The van der Waals surface area contributed by atoms with Crippen molar-refractivity contribution in [2.75, 3.05) is 7.11 Å². The standard InChI is InChI=1S/C9H7ClN2OS/c1-13-8-7(6-3-2-4-14-6)11-5-12-9(8)10/h2-5H,1H3. The van der Waals surface area contributed by atoms with Gasteiger partial charge in [0.1, 0.15) is 12.0 Å². The van der Waals surface area contributed by atoms with Crippen molar-refractivity contribution in [3.05, 3.63) is 29.0 Å². The summed E-state index contributed by atoms with van der Waals surface area (Å²) >= 11 is 7.46. The predicted octanol–water partition coefficient (Wildman–Crippen LogP) is 2.87. The zero-order valence-electron chi connectivity index (χ0n) is 7.40. The van der Waals surface area contributed by atoms with E-state index in [0.717, 1.165) is 10.6 Å². The first kappa shape index (κ1) is 9.43. The molecule has 2 heterocycles. The van der Waals surface area contributed by atoms with Crippen molar-refractivity contribution in [3.63, 3.8) is 0 Å². The number of halogens is 1. The quantitative estimate of drug-likeness (QED) is 0.739. The van der Waals surface area contributed by atoms with Crippen molar-refractivity contribution in [2.24, 2.45) is 0 Å². The first-order chi connectivity index (χ1) is 6.83. The molecule has 0 unspecified atom stereocenters. The Bertz CT molecular complexity index is 430. The summed E-state index contributed by atoms with van der Waals surface area (Å²) < 4.78 is 5.15. The second-order valence-corrected chi connectivity index (χ2v) is 3.83. The van der Waals surface area contributed by atoms with E-state index in [1.807, 2.05) is 17.5 Å². The van der Waals surface area contributed by atoms with E-state index in [1.165, 1.54) is 6.33 Å². The van der Waals surface area contributed by atoms with E-state index in [-0.39, 0.29) is 0 Å². The minimum Gasteiger partial charge on any atom is -0.491 e. The fourth-order valence-electron chi connectivity index (χ4n) is 1.12. The molecule has 0 saturated carbocycles. The van der Waals surface area contributed by atoms with Gasteiger partial charge in [0.15, 0.2) is 10.9 Å². The molecule has 3 nitrogen and oxygen atoms in total. The maximum atomic E-state index is 5.87. The Kier molecular flexibility index (Phi) is 2.65. The SMILES string of the molecule is COc1c(Cl)ncnc1-c1cccs1. The Labute approximate surface area is 90.3 Å². The summed E-state index contributed by atoms with van der Waals surface area (Å²) in [5.74, 6) is 0.525. The second kappa shape index (κ2) is 3.94. The smallest absolute Gasteiger partial charge is 0.183 e. The summed E-state index contributed by atoms with van der Waals surface area (Å²) in [6.07, 6.45) is 1.43. The van der Waals surface area contributed by atoms with Gasteiger partial charge in [0.2, 0.25) is 0 Å². The summed E-state index contributed by atoms with van der Waals surface area (Å²) in [6, 6.07) is 3.92. The first-order valence-corrected chi connectivity index (χ1v) is 5.17. The molecule has 0 amide bonds. The first-order valence-electron chi connectivity index (χ1n) is 3.91. The normalized spacial score (nSPS) is 10.1. The Morgan fingerprint density at radius 1 is 1.43 bits per heavy atom. The van der Waals surface area contributed by atoms with E-state index in [0.29, 0.717) is 10.9 Å². The maximum Gasteiger partial charge on any atom is 0.183 e. The highest BCUT2D eigenvalue weighted by atomic mass is 35.5. The fraction of sp³-hybridized carbons (Fsp3) is 0.111. The van der Waals surface area contributed by atoms with E-state index in [2.05, 4.69) is 9.97 Å². The monoisotopic (exact) mass is 226 g/mol. The molecule has 2 aromatic rings. The van der Waals surface area contributed by atoms with Crippen molar-refractivity contribution in [1.29, 1.82) is 0 Å². The van der Waals surface area contributed by atoms with Gasteiger partial charge in [-0.15, -0.1) is 11.3 Å². The van der Waals surface area contributed by atoms with Crippen LogP contribution in [0.4, 0.5) is 0 Å². The zero-order chi connectivity index (χ0) is 9.97. The van der Waals surface area contributed by atoms with Gasteiger partial charge < -0.3 is 4.74 Å². The van der Waals surface area contributed by atoms with Gasteiger partial charge in [0.25, 0.3) is 0 Å². The van der Waals surface area contributed by atoms with Gasteiger partial charge in [0, 0.05) is 0 Å². The molecule has 0 fully saturated rings. The number of methoxy groups -OCH3 is 1. The van der Waals surface area contributed by atoms with E-state index < -0.39 is 0 Å². The number of rotatable bonds is 2. The molecular formula is C9H7ClN2OS. The highest BCUT2D eigenvalue weighted by molar-refractivity contribution is 7.13. The lowest BCUT2D eigenvalue weighted by Crippen LogP contribution is -1.92. The van der Waals surface area contributed by atoms with Crippen molar-refractivity contribution >= 4 is 22.9 Å². The van der Waals surface area contributed by atoms with Crippen LogP contribution in [0.2, 0.25) is 5.15 Å². The molecule has 0 saturated heterocycles.